The summed E-state index contributed by atoms with van der Waals surface area (Å²) in [6, 6.07) is 6.51. The van der Waals surface area contributed by atoms with Crippen molar-refractivity contribution in [3.63, 3.8) is 0 Å². The first-order valence-electron chi connectivity index (χ1n) is 6.12. The molecule has 0 unspecified atom stereocenters. The number of nitrogens with one attached hydrogen (secondary N) is 2. The molecule has 21 heavy (non-hydrogen) atoms. The van der Waals surface area contributed by atoms with Crippen LogP contribution in [0.3, 0.4) is 0 Å². The summed E-state index contributed by atoms with van der Waals surface area (Å²) in [6.07, 6.45) is 0. The molecule has 0 spiro atoms. The van der Waals surface area contributed by atoms with E-state index in [1.807, 2.05) is 13.8 Å². The van der Waals surface area contributed by atoms with Gasteiger partial charge in [-0.25, -0.2) is 5.84 Å². The summed E-state index contributed by atoms with van der Waals surface area (Å²) >= 11 is 7.13. The minimum absolute atomic E-state index is 0.306. The molecular formula is C14H14ClN3O2S. The molecule has 4 N–H and O–H groups in total. The van der Waals surface area contributed by atoms with E-state index >= 15 is 0 Å². The summed E-state index contributed by atoms with van der Waals surface area (Å²) in [7, 11) is 0. The Hall–Kier alpha value is -1.89. The van der Waals surface area contributed by atoms with Gasteiger partial charge in [0.05, 0.1) is 5.56 Å². The lowest BCUT2D eigenvalue weighted by Crippen LogP contribution is -2.31. The standard InChI is InChI=1S/C14H14ClN3O2S/c1-7-8(2)21-14(11(7)13(20)18-16)17-12(19)9-3-5-10(15)6-4-9/h3-6H,16H2,1-2H3,(H,17,19)(H,18,20). The van der Waals surface area contributed by atoms with Crippen molar-refractivity contribution in [1.29, 1.82) is 0 Å². The van der Waals surface area contributed by atoms with Gasteiger partial charge in [-0.2, -0.15) is 0 Å². The van der Waals surface area contributed by atoms with Crippen LogP contribution in [0.15, 0.2) is 24.3 Å². The molecule has 0 saturated carbocycles. The third kappa shape index (κ3) is 3.24. The molecule has 0 fully saturated rings. The molecule has 0 radical (unpaired) electrons. The summed E-state index contributed by atoms with van der Waals surface area (Å²) in [5, 5.41) is 3.78. The fourth-order valence-electron chi connectivity index (χ4n) is 1.84. The number of halogens is 1. The van der Waals surface area contributed by atoms with Crippen LogP contribution in [0, 0.1) is 13.8 Å². The molecule has 0 atom stereocenters. The average molecular weight is 324 g/mol. The molecule has 0 aliphatic heterocycles. The lowest BCUT2D eigenvalue weighted by atomic mass is 10.1. The molecule has 7 heteroatoms. The van der Waals surface area contributed by atoms with Gasteiger partial charge in [0.15, 0.2) is 0 Å². The van der Waals surface area contributed by atoms with Crippen molar-refractivity contribution in [3.05, 3.63) is 50.9 Å². The number of anilines is 1. The summed E-state index contributed by atoms with van der Waals surface area (Å²) in [6.45, 7) is 3.69. The summed E-state index contributed by atoms with van der Waals surface area (Å²) < 4.78 is 0. The number of amides is 2. The summed E-state index contributed by atoms with van der Waals surface area (Å²) in [5.74, 6) is 4.45. The van der Waals surface area contributed by atoms with Crippen LogP contribution in [-0.4, -0.2) is 11.8 Å². The second kappa shape index (κ2) is 6.26. The van der Waals surface area contributed by atoms with Crippen LogP contribution in [0.25, 0.3) is 0 Å². The molecule has 2 rings (SSSR count). The van der Waals surface area contributed by atoms with Gasteiger partial charge < -0.3 is 5.32 Å². The lowest BCUT2D eigenvalue weighted by Gasteiger charge is -2.06. The second-order valence-corrected chi connectivity index (χ2v) is 6.08. The Bertz CT molecular complexity index is 695. The quantitative estimate of drug-likeness (QED) is 0.461. The van der Waals surface area contributed by atoms with Gasteiger partial charge in [0.2, 0.25) is 0 Å². The molecule has 2 aromatic rings. The molecule has 5 nitrogen and oxygen atoms in total. The minimum Gasteiger partial charge on any atom is -0.313 e. The highest BCUT2D eigenvalue weighted by Crippen LogP contribution is 2.32. The number of hydrogen-bond donors (Lipinski definition) is 3. The molecule has 0 aliphatic rings. The van der Waals surface area contributed by atoms with Gasteiger partial charge in [-0.3, -0.25) is 15.0 Å². The van der Waals surface area contributed by atoms with Crippen molar-refractivity contribution < 1.29 is 9.59 Å². The fraction of sp³-hybridized carbons (Fsp3) is 0.143. The highest BCUT2D eigenvalue weighted by atomic mass is 35.5. The molecule has 110 valence electrons. The molecule has 0 aliphatic carbocycles. The zero-order chi connectivity index (χ0) is 15.6. The van der Waals surface area contributed by atoms with Crippen LogP contribution < -0.4 is 16.6 Å². The molecular weight excluding hydrogens is 310 g/mol. The van der Waals surface area contributed by atoms with Crippen molar-refractivity contribution in [2.75, 3.05) is 5.32 Å². The smallest absolute Gasteiger partial charge is 0.268 e. The third-order valence-electron chi connectivity index (χ3n) is 3.08. The monoisotopic (exact) mass is 323 g/mol. The Morgan fingerprint density at radius 2 is 1.76 bits per heavy atom. The van der Waals surface area contributed by atoms with Crippen LogP contribution in [0.4, 0.5) is 5.00 Å². The summed E-state index contributed by atoms with van der Waals surface area (Å²) in [5.41, 5.74) is 3.75. The number of aryl methyl sites for hydroxylation is 1. The number of benzene rings is 1. The maximum Gasteiger partial charge on any atom is 0.268 e. The number of carbonyl (C=O) groups excluding carboxylic acids is 2. The predicted molar refractivity (Wildman–Crippen MR) is 84.9 cm³/mol. The molecule has 1 heterocycles. The molecule has 1 aromatic heterocycles. The Kier molecular flexibility index (Phi) is 4.62. The number of nitrogens with two attached hydrogens (primary N) is 1. The number of hydrogen-bond acceptors (Lipinski definition) is 4. The maximum atomic E-state index is 12.2. The van der Waals surface area contributed by atoms with Gasteiger partial charge in [0.1, 0.15) is 5.00 Å². The van der Waals surface area contributed by atoms with E-state index in [1.54, 1.807) is 24.3 Å². The first-order valence-corrected chi connectivity index (χ1v) is 7.31. The van der Waals surface area contributed by atoms with Gasteiger partial charge in [0.25, 0.3) is 11.8 Å². The first-order chi connectivity index (χ1) is 9.93. The van der Waals surface area contributed by atoms with Crippen LogP contribution in [0.5, 0.6) is 0 Å². The lowest BCUT2D eigenvalue weighted by molar-refractivity contribution is 0.0954. The molecule has 2 amide bonds. The van der Waals surface area contributed by atoms with Crippen LogP contribution >= 0.6 is 22.9 Å². The molecule has 0 saturated heterocycles. The molecule has 1 aromatic carbocycles. The normalized spacial score (nSPS) is 10.3. The van der Waals surface area contributed by atoms with Gasteiger partial charge in [0, 0.05) is 15.5 Å². The first kappa shape index (κ1) is 15.5. The number of hydrazine groups is 1. The molecule has 0 bridgehead atoms. The second-order valence-electron chi connectivity index (χ2n) is 4.42. The highest BCUT2D eigenvalue weighted by molar-refractivity contribution is 7.16. The van der Waals surface area contributed by atoms with E-state index in [2.05, 4.69) is 10.7 Å². The zero-order valence-corrected chi connectivity index (χ0v) is 13.1. The van der Waals surface area contributed by atoms with E-state index < -0.39 is 5.91 Å². The predicted octanol–water partition coefficient (Wildman–Crippen LogP) is 2.87. The highest BCUT2D eigenvalue weighted by Gasteiger charge is 2.20. The minimum atomic E-state index is -0.428. The van der Waals surface area contributed by atoms with Crippen molar-refractivity contribution >= 4 is 39.8 Å². The van der Waals surface area contributed by atoms with E-state index in [0.717, 1.165) is 10.4 Å². The van der Waals surface area contributed by atoms with Crippen molar-refractivity contribution in [1.82, 2.24) is 5.43 Å². The van der Waals surface area contributed by atoms with Crippen molar-refractivity contribution in [3.8, 4) is 0 Å². The largest absolute Gasteiger partial charge is 0.313 e. The van der Waals surface area contributed by atoms with Crippen molar-refractivity contribution in [2.45, 2.75) is 13.8 Å². The SMILES string of the molecule is Cc1sc(NC(=O)c2ccc(Cl)cc2)c(C(=O)NN)c1C. The zero-order valence-electron chi connectivity index (χ0n) is 11.5. The summed E-state index contributed by atoms with van der Waals surface area (Å²) in [4.78, 5) is 25.0. The van der Waals surface area contributed by atoms with Gasteiger partial charge in [-0.15, -0.1) is 11.3 Å². The average Bonchev–Trinajstić information content (AvgIpc) is 2.73. The Morgan fingerprint density at radius 1 is 1.14 bits per heavy atom. The van der Waals surface area contributed by atoms with Crippen LogP contribution in [0.1, 0.15) is 31.2 Å². The number of carbonyl (C=O) groups is 2. The third-order valence-corrected chi connectivity index (χ3v) is 4.45. The van der Waals surface area contributed by atoms with Crippen molar-refractivity contribution in [2.24, 2.45) is 5.84 Å². The van der Waals surface area contributed by atoms with E-state index in [1.165, 1.54) is 11.3 Å². The number of nitrogen functional groups attached to an aromatic ring is 1. The number of rotatable bonds is 3. The van der Waals surface area contributed by atoms with Crippen LogP contribution in [-0.2, 0) is 0 Å². The van der Waals surface area contributed by atoms with E-state index in [4.69, 9.17) is 17.4 Å². The Morgan fingerprint density at radius 3 is 2.33 bits per heavy atom. The fourth-order valence-corrected chi connectivity index (χ4v) is 3.02. The Balaban J connectivity index is 2.31. The van der Waals surface area contributed by atoms with Gasteiger partial charge in [-0.1, -0.05) is 11.6 Å². The van der Waals surface area contributed by atoms with E-state index in [0.29, 0.717) is 21.2 Å². The van der Waals surface area contributed by atoms with Crippen LogP contribution in [0.2, 0.25) is 5.02 Å². The van der Waals surface area contributed by atoms with Gasteiger partial charge in [-0.05, 0) is 43.7 Å². The Labute approximate surface area is 131 Å². The topological polar surface area (TPSA) is 84.2 Å². The van der Waals surface area contributed by atoms with Gasteiger partial charge >= 0.3 is 0 Å². The number of thiophene rings is 1. The van der Waals surface area contributed by atoms with E-state index in [-0.39, 0.29) is 5.91 Å². The maximum absolute atomic E-state index is 12.2. The van der Waals surface area contributed by atoms with E-state index in [9.17, 15) is 9.59 Å².